The molecule has 1 atom stereocenters. The molecule has 3 aromatic rings. The Balaban J connectivity index is 1.25. The average molecular weight is 388 g/mol. The summed E-state index contributed by atoms with van der Waals surface area (Å²) in [4.78, 5) is 24.0. The fourth-order valence-electron chi connectivity index (χ4n) is 4.45. The van der Waals surface area contributed by atoms with E-state index in [4.69, 9.17) is 4.52 Å². The number of rotatable bonds is 6. The molecule has 6 heteroatoms. The summed E-state index contributed by atoms with van der Waals surface area (Å²) in [6.45, 7) is 0.854. The molecule has 1 aliphatic heterocycles. The van der Waals surface area contributed by atoms with Gasteiger partial charge in [-0.2, -0.15) is 4.98 Å². The van der Waals surface area contributed by atoms with Crippen molar-refractivity contribution in [1.29, 1.82) is 0 Å². The molecule has 6 nitrogen and oxygen atoms in total. The van der Waals surface area contributed by atoms with Gasteiger partial charge < -0.3 is 9.42 Å². The van der Waals surface area contributed by atoms with Crippen LogP contribution in [0.25, 0.3) is 11.5 Å². The molecule has 1 unspecified atom stereocenters. The monoisotopic (exact) mass is 388 g/mol. The van der Waals surface area contributed by atoms with Crippen molar-refractivity contribution in [2.24, 2.45) is 0 Å². The fourth-order valence-corrected chi connectivity index (χ4v) is 4.45. The predicted octanol–water partition coefficient (Wildman–Crippen LogP) is 3.79. The van der Waals surface area contributed by atoms with E-state index in [1.807, 2.05) is 30.3 Å². The molecule has 1 aliphatic carbocycles. The van der Waals surface area contributed by atoms with E-state index in [-0.39, 0.29) is 11.5 Å². The number of hydrogen-bond acceptors (Lipinski definition) is 5. The molecule has 1 aromatic carbocycles. The standard InChI is InChI=1S/C23H24N4O2/c28-22(23(12-13-23)18-5-2-1-3-6-18)27-16-4-7-19(27)8-9-20-25-21(29-26-20)17-10-14-24-15-11-17/h1-3,5-6,10-11,14-15,19H,4,7-9,12-13,16H2. The average Bonchev–Trinajstić information content (AvgIpc) is 3.22. The Bertz CT molecular complexity index is 982. The van der Waals surface area contributed by atoms with E-state index >= 15 is 0 Å². The van der Waals surface area contributed by atoms with Crippen LogP contribution in [0, 0.1) is 0 Å². The maximum Gasteiger partial charge on any atom is 0.258 e. The Hall–Kier alpha value is -3.02. The fraction of sp³-hybridized carbons (Fsp3) is 0.391. The summed E-state index contributed by atoms with van der Waals surface area (Å²) in [6.07, 6.45) is 9.02. The molecular formula is C23H24N4O2. The Morgan fingerprint density at radius 3 is 2.69 bits per heavy atom. The van der Waals surface area contributed by atoms with Gasteiger partial charge in [-0.25, -0.2) is 0 Å². The molecule has 29 heavy (non-hydrogen) atoms. The van der Waals surface area contributed by atoms with E-state index in [9.17, 15) is 4.79 Å². The number of pyridine rings is 1. The summed E-state index contributed by atoms with van der Waals surface area (Å²) < 4.78 is 5.39. The van der Waals surface area contributed by atoms with Gasteiger partial charge in [-0.1, -0.05) is 35.5 Å². The first-order chi connectivity index (χ1) is 14.3. The third-order valence-electron chi connectivity index (χ3n) is 6.22. The minimum atomic E-state index is -0.287. The van der Waals surface area contributed by atoms with Gasteiger partial charge >= 0.3 is 0 Å². The third kappa shape index (κ3) is 3.43. The predicted molar refractivity (Wildman–Crippen MR) is 108 cm³/mol. The van der Waals surface area contributed by atoms with Crippen molar-refractivity contribution in [3.8, 4) is 11.5 Å². The lowest BCUT2D eigenvalue weighted by Crippen LogP contribution is -2.42. The zero-order valence-corrected chi connectivity index (χ0v) is 16.3. The van der Waals surface area contributed by atoms with Crippen LogP contribution in [0.5, 0.6) is 0 Å². The molecule has 2 aromatic heterocycles. The molecule has 0 N–H and O–H groups in total. The summed E-state index contributed by atoms with van der Waals surface area (Å²) in [5, 5.41) is 4.12. The van der Waals surface area contributed by atoms with E-state index in [1.54, 1.807) is 12.4 Å². The number of hydrogen-bond donors (Lipinski definition) is 0. The Morgan fingerprint density at radius 2 is 1.93 bits per heavy atom. The first-order valence-corrected chi connectivity index (χ1v) is 10.4. The molecule has 0 radical (unpaired) electrons. The van der Waals surface area contributed by atoms with E-state index in [1.165, 1.54) is 0 Å². The normalized spacial score (nSPS) is 20.0. The van der Waals surface area contributed by atoms with Crippen LogP contribution in [0.3, 0.4) is 0 Å². The van der Waals surface area contributed by atoms with Gasteiger partial charge in [0.05, 0.1) is 5.41 Å². The van der Waals surface area contributed by atoms with Gasteiger partial charge in [0.2, 0.25) is 5.91 Å². The molecule has 2 fully saturated rings. The van der Waals surface area contributed by atoms with Crippen LogP contribution in [-0.4, -0.2) is 38.5 Å². The van der Waals surface area contributed by atoms with Gasteiger partial charge in [0, 0.05) is 37.0 Å². The molecule has 0 spiro atoms. The lowest BCUT2D eigenvalue weighted by molar-refractivity contribution is -0.134. The SMILES string of the molecule is O=C(N1CCCC1CCc1noc(-c2ccncc2)n1)C1(c2ccccc2)CC1. The summed E-state index contributed by atoms with van der Waals surface area (Å²) in [7, 11) is 0. The van der Waals surface area contributed by atoms with E-state index in [0.29, 0.717) is 24.0 Å². The van der Waals surface area contributed by atoms with E-state index < -0.39 is 0 Å². The number of aryl methyl sites for hydroxylation is 1. The third-order valence-corrected chi connectivity index (χ3v) is 6.22. The highest BCUT2D eigenvalue weighted by Gasteiger charge is 2.54. The maximum absolute atomic E-state index is 13.4. The Labute approximate surface area is 170 Å². The summed E-state index contributed by atoms with van der Waals surface area (Å²) >= 11 is 0. The lowest BCUT2D eigenvalue weighted by Gasteiger charge is -2.29. The van der Waals surface area contributed by atoms with Gasteiger partial charge in [-0.15, -0.1) is 0 Å². The van der Waals surface area contributed by atoms with Crippen LogP contribution in [0.1, 0.15) is 43.5 Å². The van der Waals surface area contributed by atoms with Crippen LogP contribution in [-0.2, 0) is 16.6 Å². The van der Waals surface area contributed by atoms with Crippen molar-refractivity contribution in [3.05, 3.63) is 66.2 Å². The van der Waals surface area contributed by atoms with Gasteiger partial charge in [0.25, 0.3) is 5.89 Å². The summed E-state index contributed by atoms with van der Waals surface area (Å²) in [5.41, 5.74) is 1.75. The van der Waals surface area contributed by atoms with Crippen molar-refractivity contribution in [2.45, 2.75) is 50.0 Å². The van der Waals surface area contributed by atoms with Crippen molar-refractivity contribution in [2.75, 3.05) is 6.54 Å². The van der Waals surface area contributed by atoms with Crippen LogP contribution in [0.2, 0.25) is 0 Å². The van der Waals surface area contributed by atoms with Crippen molar-refractivity contribution in [3.63, 3.8) is 0 Å². The molecule has 2 aliphatic rings. The summed E-state index contributed by atoms with van der Waals surface area (Å²) in [5.74, 6) is 1.51. The first-order valence-electron chi connectivity index (χ1n) is 10.4. The molecule has 148 valence electrons. The minimum Gasteiger partial charge on any atom is -0.339 e. The van der Waals surface area contributed by atoms with Crippen LogP contribution < -0.4 is 0 Å². The lowest BCUT2D eigenvalue weighted by atomic mass is 9.93. The second-order valence-corrected chi connectivity index (χ2v) is 8.03. The summed E-state index contributed by atoms with van der Waals surface area (Å²) in [6, 6.07) is 14.2. The Morgan fingerprint density at radius 1 is 1.14 bits per heavy atom. The highest BCUT2D eigenvalue weighted by atomic mass is 16.5. The second-order valence-electron chi connectivity index (χ2n) is 8.03. The number of carbonyl (C=O) groups excluding carboxylic acids is 1. The number of nitrogens with zero attached hydrogens (tertiary/aromatic N) is 4. The van der Waals surface area contributed by atoms with Crippen LogP contribution in [0.4, 0.5) is 0 Å². The van der Waals surface area contributed by atoms with Crippen molar-refractivity contribution < 1.29 is 9.32 Å². The number of carbonyl (C=O) groups is 1. The minimum absolute atomic E-state index is 0.256. The molecule has 3 heterocycles. The first kappa shape index (κ1) is 18.0. The number of likely N-dealkylation sites (tertiary alicyclic amines) is 1. The van der Waals surface area contributed by atoms with Crippen LogP contribution >= 0.6 is 0 Å². The number of aromatic nitrogens is 3. The number of amides is 1. The van der Waals surface area contributed by atoms with Crippen LogP contribution in [0.15, 0.2) is 59.4 Å². The van der Waals surface area contributed by atoms with E-state index in [0.717, 1.165) is 49.8 Å². The zero-order chi connectivity index (χ0) is 19.7. The molecule has 1 saturated heterocycles. The van der Waals surface area contributed by atoms with Gasteiger partial charge in [0.15, 0.2) is 5.82 Å². The van der Waals surface area contributed by atoms with Gasteiger partial charge in [0.1, 0.15) is 0 Å². The highest BCUT2D eigenvalue weighted by Crippen LogP contribution is 2.50. The highest BCUT2D eigenvalue weighted by molar-refractivity contribution is 5.91. The maximum atomic E-state index is 13.4. The van der Waals surface area contributed by atoms with E-state index in [2.05, 4.69) is 32.2 Å². The number of benzene rings is 1. The zero-order valence-electron chi connectivity index (χ0n) is 16.3. The molecule has 1 saturated carbocycles. The Kier molecular flexibility index (Phi) is 4.62. The van der Waals surface area contributed by atoms with Gasteiger partial charge in [-0.05, 0) is 49.8 Å². The van der Waals surface area contributed by atoms with Crippen molar-refractivity contribution >= 4 is 5.91 Å². The van der Waals surface area contributed by atoms with Crippen molar-refractivity contribution in [1.82, 2.24) is 20.0 Å². The quantitative estimate of drug-likeness (QED) is 0.642. The largest absolute Gasteiger partial charge is 0.339 e. The molecule has 5 rings (SSSR count). The molecular weight excluding hydrogens is 364 g/mol. The van der Waals surface area contributed by atoms with Gasteiger partial charge in [-0.3, -0.25) is 9.78 Å². The molecule has 0 bridgehead atoms. The smallest absolute Gasteiger partial charge is 0.258 e. The molecule has 1 amide bonds. The second kappa shape index (κ2) is 7.43. The topological polar surface area (TPSA) is 72.1 Å².